The Morgan fingerprint density at radius 2 is 2.14 bits per heavy atom. The normalized spacial score (nSPS) is 28.6. The van der Waals surface area contributed by atoms with Gasteiger partial charge in [-0.3, -0.25) is 14.5 Å². The average Bonchev–Trinajstić information content (AvgIpc) is 2.08. The fourth-order valence-corrected chi connectivity index (χ4v) is 1.86. The Morgan fingerprint density at radius 1 is 1.50 bits per heavy atom. The van der Waals surface area contributed by atoms with Gasteiger partial charge in [-0.15, -0.1) is 0 Å². The van der Waals surface area contributed by atoms with Crippen LogP contribution in [0.25, 0.3) is 0 Å². The van der Waals surface area contributed by atoms with Gasteiger partial charge in [-0.25, -0.2) is 0 Å². The molecule has 0 aromatic rings. The van der Waals surface area contributed by atoms with Crippen LogP contribution in [-0.2, 0) is 9.59 Å². The minimum atomic E-state index is -0.923. The summed E-state index contributed by atoms with van der Waals surface area (Å²) in [5.74, 6) is -1.35. The molecule has 0 aromatic heterocycles. The molecule has 0 bridgehead atoms. The number of nitrogens with zero attached hydrogens (tertiary/aromatic N) is 1. The van der Waals surface area contributed by atoms with Crippen molar-refractivity contribution in [1.82, 2.24) is 4.90 Å². The monoisotopic (exact) mass is 200 g/mol. The lowest BCUT2D eigenvalue weighted by molar-refractivity contribution is -0.153. The standard InChI is InChI=1S/C9H16N2O3/c1-9(8(13)14)4-2-3-5-11(9)6-7(10)12/h2-6H2,1H3,(H2,10,12)(H,13,14). The average molecular weight is 200 g/mol. The van der Waals surface area contributed by atoms with E-state index < -0.39 is 17.4 Å². The smallest absolute Gasteiger partial charge is 0.323 e. The van der Waals surface area contributed by atoms with Crippen molar-refractivity contribution in [2.24, 2.45) is 5.73 Å². The number of piperidine rings is 1. The molecule has 1 aliphatic heterocycles. The van der Waals surface area contributed by atoms with E-state index in [1.165, 1.54) is 0 Å². The zero-order chi connectivity index (χ0) is 10.8. The van der Waals surface area contributed by atoms with Crippen LogP contribution in [0, 0.1) is 0 Å². The van der Waals surface area contributed by atoms with Crippen molar-refractivity contribution in [3.8, 4) is 0 Å². The SMILES string of the molecule is CC1(C(=O)O)CCCCN1CC(N)=O. The highest BCUT2D eigenvalue weighted by atomic mass is 16.4. The number of primary amides is 1. The molecule has 3 N–H and O–H groups in total. The van der Waals surface area contributed by atoms with Gasteiger partial charge < -0.3 is 10.8 Å². The number of carbonyl (C=O) groups excluding carboxylic acids is 1. The Labute approximate surface area is 82.9 Å². The van der Waals surface area contributed by atoms with E-state index in [9.17, 15) is 9.59 Å². The third-order valence-corrected chi connectivity index (χ3v) is 2.85. The van der Waals surface area contributed by atoms with Crippen LogP contribution in [-0.4, -0.2) is 40.5 Å². The number of carbonyl (C=O) groups is 2. The molecule has 1 fully saturated rings. The Kier molecular flexibility index (Phi) is 3.10. The molecule has 1 aliphatic rings. The van der Waals surface area contributed by atoms with Gasteiger partial charge >= 0.3 is 5.97 Å². The summed E-state index contributed by atoms with van der Waals surface area (Å²) in [7, 11) is 0. The summed E-state index contributed by atoms with van der Waals surface area (Å²) in [6.07, 6.45) is 2.39. The number of carboxylic acid groups (broad SMARTS) is 1. The van der Waals surface area contributed by atoms with Crippen molar-refractivity contribution in [1.29, 1.82) is 0 Å². The Morgan fingerprint density at radius 3 is 2.64 bits per heavy atom. The molecule has 80 valence electrons. The molecule has 0 aromatic carbocycles. The van der Waals surface area contributed by atoms with E-state index in [0.717, 1.165) is 12.8 Å². The number of likely N-dealkylation sites (tertiary alicyclic amines) is 1. The fourth-order valence-electron chi connectivity index (χ4n) is 1.86. The molecule has 1 atom stereocenters. The summed E-state index contributed by atoms with van der Waals surface area (Å²) in [6, 6.07) is 0. The second-order valence-corrected chi connectivity index (χ2v) is 3.92. The molecule has 0 saturated carbocycles. The van der Waals surface area contributed by atoms with E-state index in [1.807, 2.05) is 0 Å². The summed E-state index contributed by atoms with van der Waals surface area (Å²) in [6.45, 7) is 2.31. The zero-order valence-electron chi connectivity index (χ0n) is 8.32. The van der Waals surface area contributed by atoms with Gasteiger partial charge in [0.2, 0.25) is 5.91 Å². The predicted molar refractivity (Wildman–Crippen MR) is 50.7 cm³/mol. The van der Waals surface area contributed by atoms with Crippen molar-refractivity contribution in [3.63, 3.8) is 0 Å². The maximum atomic E-state index is 11.1. The van der Waals surface area contributed by atoms with E-state index in [4.69, 9.17) is 10.8 Å². The topological polar surface area (TPSA) is 83.6 Å². The molecule has 1 rings (SSSR count). The maximum absolute atomic E-state index is 11.1. The Bertz CT molecular complexity index is 254. The summed E-state index contributed by atoms with van der Waals surface area (Å²) < 4.78 is 0. The molecule has 1 saturated heterocycles. The van der Waals surface area contributed by atoms with Gasteiger partial charge in [0, 0.05) is 0 Å². The number of rotatable bonds is 3. The van der Waals surface area contributed by atoms with E-state index in [0.29, 0.717) is 13.0 Å². The molecule has 1 amide bonds. The van der Waals surface area contributed by atoms with Crippen LogP contribution in [0.4, 0.5) is 0 Å². The van der Waals surface area contributed by atoms with E-state index in [1.54, 1.807) is 11.8 Å². The Balaban J connectivity index is 2.77. The van der Waals surface area contributed by atoms with Crippen LogP contribution in [0.5, 0.6) is 0 Å². The molecule has 14 heavy (non-hydrogen) atoms. The van der Waals surface area contributed by atoms with Crippen LogP contribution < -0.4 is 5.73 Å². The first-order valence-corrected chi connectivity index (χ1v) is 4.73. The van der Waals surface area contributed by atoms with Gasteiger partial charge in [-0.1, -0.05) is 0 Å². The van der Waals surface area contributed by atoms with Crippen LogP contribution in [0.3, 0.4) is 0 Å². The van der Waals surface area contributed by atoms with Gasteiger partial charge in [0.05, 0.1) is 6.54 Å². The number of aliphatic carboxylic acids is 1. The lowest BCUT2D eigenvalue weighted by atomic mass is 9.88. The quantitative estimate of drug-likeness (QED) is 0.661. The minimum Gasteiger partial charge on any atom is -0.480 e. The molecule has 0 spiro atoms. The van der Waals surface area contributed by atoms with Gasteiger partial charge in [0.25, 0.3) is 0 Å². The van der Waals surface area contributed by atoms with Gasteiger partial charge in [0.1, 0.15) is 5.54 Å². The highest BCUT2D eigenvalue weighted by molar-refractivity contribution is 5.81. The van der Waals surface area contributed by atoms with Gasteiger partial charge in [0.15, 0.2) is 0 Å². The molecular weight excluding hydrogens is 184 g/mol. The first-order chi connectivity index (χ1) is 6.47. The molecule has 5 nitrogen and oxygen atoms in total. The van der Waals surface area contributed by atoms with Gasteiger partial charge in [-0.2, -0.15) is 0 Å². The van der Waals surface area contributed by atoms with Crippen LogP contribution in [0.1, 0.15) is 26.2 Å². The van der Waals surface area contributed by atoms with E-state index in [2.05, 4.69) is 0 Å². The fraction of sp³-hybridized carbons (Fsp3) is 0.778. The highest BCUT2D eigenvalue weighted by Crippen LogP contribution is 2.27. The first kappa shape index (κ1) is 11.0. The molecule has 0 radical (unpaired) electrons. The van der Waals surface area contributed by atoms with Crippen molar-refractivity contribution >= 4 is 11.9 Å². The zero-order valence-corrected chi connectivity index (χ0v) is 8.32. The van der Waals surface area contributed by atoms with Crippen molar-refractivity contribution < 1.29 is 14.7 Å². The van der Waals surface area contributed by atoms with E-state index in [-0.39, 0.29) is 6.54 Å². The largest absolute Gasteiger partial charge is 0.480 e. The molecule has 0 aliphatic carbocycles. The molecule has 1 unspecified atom stereocenters. The van der Waals surface area contributed by atoms with Crippen molar-refractivity contribution in [2.45, 2.75) is 31.7 Å². The number of carboxylic acids is 1. The van der Waals surface area contributed by atoms with Crippen molar-refractivity contribution in [2.75, 3.05) is 13.1 Å². The number of nitrogens with two attached hydrogens (primary N) is 1. The summed E-state index contributed by atoms with van der Waals surface area (Å²) in [5.41, 5.74) is 4.15. The third kappa shape index (κ3) is 2.04. The maximum Gasteiger partial charge on any atom is 0.323 e. The predicted octanol–water partition coefficient (Wildman–Crippen LogP) is -0.199. The lowest BCUT2D eigenvalue weighted by Crippen LogP contribution is -2.57. The number of hydrogen-bond donors (Lipinski definition) is 2. The van der Waals surface area contributed by atoms with E-state index >= 15 is 0 Å². The Hall–Kier alpha value is -1.10. The van der Waals surface area contributed by atoms with Crippen LogP contribution in [0.15, 0.2) is 0 Å². The summed E-state index contributed by atoms with van der Waals surface area (Å²) in [4.78, 5) is 23.5. The number of hydrogen-bond acceptors (Lipinski definition) is 3. The van der Waals surface area contributed by atoms with Gasteiger partial charge in [-0.05, 0) is 32.7 Å². The highest BCUT2D eigenvalue weighted by Gasteiger charge is 2.41. The summed E-state index contributed by atoms with van der Waals surface area (Å²) in [5, 5.41) is 9.09. The molecule has 1 heterocycles. The summed E-state index contributed by atoms with van der Waals surface area (Å²) >= 11 is 0. The second-order valence-electron chi connectivity index (χ2n) is 3.92. The minimum absolute atomic E-state index is 0.0306. The van der Waals surface area contributed by atoms with Crippen LogP contribution >= 0.6 is 0 Å². The lowest BCUT2D eigenvalue weighted by Gasteiger charge is -2.40. The number of amides is 1. The third-order valence-electron chi connectivity index (χ3n) is 2.85. The first-order valence-electron chi connectivity index (χ1n) is 4.73. The van der Waals surface area contributed by atoms with Crippen molar-refractivity contribution in [3.05, 3.63) is 0 Å². The second kappa shape index (κ2) is 3.96. The van der Waals surface area contributed by atoms with Crippen LogP contribution in [0.2, 0.25) is 0 Å². The molecular formula is C9H16N2O3. The molecule has 5 heteroatoms.